The predicted octanol–water partition coefficient (Wildman–Crippen LogP) is 1.71. The van der Waals surface area contributed by atoms with E-state index in [1.807, 2.05) is 19.4 Å². The molecule has 0 atom stereocenters. The third-order valence-corrected chi connectivity index (χ3v) is 3.34. The van der Waals surface area contributed by atoms with Crippen LogP contribution in [-0.4, -0.2) is 15.0 Å². The zero-order chi connectivity index (χ0) is 12.3. The zero-order valence-corrected chi connectivity index (χ0v) is 10.6. The third kappa shape index (κ3) is 2.91. The van der Waals surface area contributed by atoms with Gasteiger partial charge in [-0.15, -0.1) is 11.3 Å². The first-order valence-electron chi connectivity index (χ1n) is 5.42. The Morgan fingerprint density at radius 1 is 1.53 bits per heavy atom. The van der Waals surface area contributed by atoms with Crippen molar-refractivity contribution in [2.45, 2.75) is 26.8 Å². The molecule has 0 fully saturated rings. The van der Waals surface area contributed by atoms with Crippen LogP contribution in [0.4, 0.5) is 5.82 Å². The minimum Gasteiger partial charge on any atom is -0.365 e. The first-order valence-corrected chi connectivity index (χ1v) is 6.30. The number of aryl methyl sites for hydroxylation is 2. The number of nitrogens with zero attached hydrogens (tertiary/aromatic N) is 2. The van der Waals surface area contributed by atoms with Crippen molar-refractivity contribution < 1.29 is 0 Å². The second-order valence-corrected chi connectivity index (χ2v) is 4.58. The second kappa shape index (κ2) is 5.09. The normalized spacial score (nSPS) is 10.5. The summed E-state index contributed by atoms with van der Waals surface area (Å²) in [5, 5.41) is 3.14. The van der Waals surface area contributed by atoms with Crippen LogP contribution in [0.3, 0.4) is 0 Å². The molecule has 0 saturated carbocycles. The maximum Gasteiger partial charge on any atom is 0.252 e. The Labute approximate surface area is 103 Å². The molecule has 90 valence electrons. The van der Waals surface area contributed by atoms with E-state index in [4.69, 9.17) is 0 Å². The summed E-state index contributed by atoms with van der Waals surface area (Å²) in [5.41, 5.74) is 2.71. The molecule has 6 heteroatoms. The number of hydrogen-bond acceptors (Lipinski definition) is 5. The van der Waals surface area contributed by atoms with Crippen molar-refractivity contribution in [3.05, 3.63) is 38.3 Å². The number of hydrogen-bond donors (Lipinski definition) is 2. The minimum absolute atomic E-state index is 0.125. The van der Waals surface area contributed by atoms with Crippen molar-refractivity contribution in [1.29, 1.82) is 0 Å². The van der Waals surface area contributed by atoms with E-state index in [0.717, 1.165) is 10.6 Å². The van der Waals surface area contributed by atoms with Gasteiger partial charge in [-0.2, -0.15) is 0 Å². The summed E-state index contributed by atoms with van der Waals surface area (Å²) in [6, 6.07) is 1.47. The standard InChI is InChI=1S/C11H14N4OS/c1-3-9-14-10(4-11(16)15-9)12-5-8-7(2)13-6-17-8/h4,6H,3,5H2,1-2H3,(H2,12,14,15,16). The fourth-order valence-electron chi connectivity index (χ4n) is 1.43. The van der Waals surface area contributed by atoms with Crippen LogP contribution in [-0.2, 0) is 13.0 Å². The van der Waals surface area contributed by atoms with Crippen LogP contribution >= 0.6 is 11.3 Å². The molecule has 0 aliphatic rings. The molecule has 0 amide bonds. The molecule has 5 nitrogen and oxygen atoms in total. The number of nitrogens with one attached hydrogen (secondary N) is 2. The summed E-state index contributed by atoms with van der Waals surface area (Å²) >= 11 is 1.60. The highest BCUT2D eigenvalue weighted by Gasteiger charge is 2.03. The van der Waals surface area contributed by atoms with Crippen molar-refractivity contribution in [3.63, 3.8) is 0 Å². The smallest absolute Gasteiger partial charge is 0.252 e. The van der Waals surface area contributed by atoms with E-state index in [1.54, 1.807) is 11.3 Å². The molecule has 0 bridgehead atoms. The van der Waals surface area contributed by atoms with Gasteiger partial charge in [-0.05, 0) is 6.92 Å². The van der Waals surface area contributed by atoms with Gasteiger partial charge in [0, 0.05) is 17.4 Å². The summed E-state index contributed by atoms with van der Waals surface area (Å²) in [5.74, 6) is 1.31. The van der Waals surface area contributed by atoms with Crippen LogP contribution in [0.5, 0.6) is 0 Å². The number of aromatic nitrogens is 3. The Kier molecular flexibility index (Phi) is 3.53. The number of rotatable bonds is 4. The second-order valence-electron chi connectivity index (χ2n) is 3.65. The van der Waals surface area contributed by atoms with Gasteiger partial charge in [-0.25, -0.2) is 9.97 Å². The predicted molar refractivity (Wildman–Crippen MR) is 68.4 cm³/mol. The van der Waals surface area contributed by atoms with Gasteiger partial charge >= 0.3 is 0 Å². The lowest BCUT2D eigenvalue weighted by atomic mass is 10.4. The molecular weight excluding hydrogens is 236 g/mol. The molecule has 0 aliphatic heterocycles. The Hall–Kier alpha value is -1.69. The van der Waals surface area contributed by atoms with Crippen molar-refractivity contribution >= 4 is 17.2 Å². The van der Waals surface area contributed by atoms with E-state index in [0.29, 0.717) is 24.6 Å². The van der Waals surface area contributed by atoms with Gasteiger partial charge in [-0.3, -0.25) is 4.79 Å². The topological polar surface area (TPSA) is 70.7 Å². The van der Waals surface area contributed by atoms with E-state index in [-0.39, 0.29) is 5.56 Å². The summed E-state index contributed by atoms with van der Waals surface area (Å²) < 4.78 is 0. The molecule has 0 aromatic carbocycles. The van der Waals surface area contributed by atoms with Crippen molar-refractivity contribution in [3.8, 4) is 0 Å². The van der Waals surface area contributed by atoms with Gasteiger partial charge in [0.05, 0.1) is 17.7 Å². The van der Waals surface area contributed by atoms with Crippen LogP contribution in [0.15, 0.2) is 16.4 Å². The average Bonchev–Trinajstić information content (AvgIpc) is 2.71. The number of thiazole rings is 1. The van der Waals surface area contributed by atoms with Crippen molar-refractivity contribution in [2.75, 3.05) is 5.32 Å². The highest BCUT2D eigenvalue weighted by atomic mass is 32.1. The lowest BCUT2D eigenvalue weighted by Gasteiger charge is -2.05. The molecule has 2 aromatic heterocycles. The molecular formula is C11H14N4OS. The fourth-order valence-corrected chi connectivity index (χ4v) is 2.15. The molecule has 0 unspecified atom stereocenters. The van der Waals surface area contributed by atoms with E-state index in [9.17, 15) is 4.79 Å². The molecule has 0 saturated heterocycles. The number of aromatic amines is 1. The van der Waals surface area contributed by atoms with Crippen molar-refractivity contribution in [1.82, 2.24) is 15.0 Å². The first-order chi connectivity index (χ1) is 8.19. The van der Waals surface area contributed by atoms with Gasteiger partial charge in [0.25, 0.3) is 5.56 Å². The lowest BCUT2D eigenvalue weighted by Crippen LogP contribution is -2.13. The maximum absolute atomic E-state index is 11.4. The highest BCUT2D eigenvalue weighted by Crippen LogP contribution is 2.13. The fraction of sp³-hybridized carbons (Fsp3) is 0.364. The Morgan fingerprint density at radius 2 is 2.35 bits per heavy atom. The quantitative estimate of drug-likeness (QED) is 0.866. The van der Waals surface area contributed by atoms with Gasteiger partial charge in [0.1, 0.15) is 11.6 Å². The summed E-state index contributed by atoms with van der Waals surface area (Å²) in [7, 11) is 0. The monoisotopic (exact) mass is 250 g/mol. The lowest BCUT2D eigenvalue weighted by molar-refractivity contribution is 0.915. The number of H-pyrrole nitrogens is 1. The Morgan fingerprint density at radius 3 is 3.00 bits per heavy atom. The molecule has 2 heterocycles. The molecule has 2 rings (SSSR count). The van der Waals surface area contributed by atoms with E-state index < -0.39 is 0 Å². The molecule has 0 radical (unpaired) electrons. The van der Waals surface area contributed by atoms with Crippen molar-refractivity contribution in [2.24, 2.45) is 0 Å². The van der Waals surface area contributed by atoms with Gasteiger partial charge < -0.3 is 10.3 Å². The highest BCUT2D eigenvalue weighted by molar-refractivity contribution is 7.09. The van der Waals surface area contributed by atoms with Crippen LogP contribution in [0.1, 0.15) is 23.3 Å². The molecule has 0 spiro atoms. The average molecular weight is 250 g/mol. The Balaban J connectivity index is 2.11. The van der Waals surface area contributed by atoms with Gasteiger partial charge in [0.2, 0.25) is 0 Å². The first kappa shape index (κ1) is 11.8. The van der Waals surface area contributed by atoms with Crippen LogP contribution in [0, 0.1) is 6.92 Å². The van der Waals surface area contributed by atoms with Gasteiger partial charge in [-0.1, -0.05) is 6.92 Å². The summed E-state index contributed by atoms with van der Waals surface area (Å²) in [4.78, 5) is 23.7. The summed E-state index contributed by atoms with van der Waals surface area (Å²) in [6.07, 6.45) is 0.713. The maximum atomic E-state index is 11.4. The van der Waals surface area contributed by atoms with Crippen LogP contribution < -0.4 is 10.9 Å². The van der Waals surface area contributed by atoms with E-state index in [1.165, 1.54) is 6.07 Å². The van der Waals surface area contributed by atoms with Crippen LogP contribution in [0.2, 0.25) is 0 Å². The number of anilines is 1. The van der Waals surface area contributed by atoms with Gasteiger partial charge in [0.15, 0.2) is 0 Å². The third-order valence-electron chi connectivity index (χ3n) is 2.40. The molecule has 0 aliphatic carbocycles. The molecule has 2 aromatic rings. The van der Waals surface area contributed by atoms with E-state index >= 15 is 0 Å². The van der Waals surface area contributed by atoms with E-state index in [2.05, 4.69) is 20.3 Å². The molecule has 2 N–H and O–H groups in total. The largest absolute Gasteiger partial charge is 0.365 e. The SMILES string of the molecule is CCc1nc(NCc2scnc2C)cc(=O)[nH]1. The summed E-state index contributed by atoms with van der Waals surface area (Å²) in [6.45, 7) is 4.57. The minimum atomic E-state index is -0.125. The van der Waals surface area contributed by atoms with Crippen LogP contribution in [0.25, 0.3) is 0 Å². The Bertz CT molecular complexity index is 561. The molecule has 17 heavy (non-hydrogen) atoms. The zero-order valence-electron chi connectivity index (χ0n) is 9.78.